The molecule has 0 heterocycles. The van der Waals surface area contributed by atoms with Crippen molar-refractivity contribution in [3.63, 3.8) is 0 Å². The van der Waals surface area contributed by atoms with E-state index in [2.05, 4.69) is 15.8 Å². The summed E-state index contributed by atoms with van der Waals surface area (Å²) in [5, 5.41) is 6.95. The van der Waals surface area contributed by atoms with Crippen LogP contribution < -0.4 is 10.7 Å². The number of carbonyl (C=O) groups is 2. The monoisotopic (exact) mass is 347 g/mol. The second-order valence-electron chi connectivity index (χ2n) is 4.93. The molecule has 0 bridgehead atoms. The summed E-state index contributed by atoms with van der Waals surface area (Å²) in [6.07, 6.45) is 0. The molecule has 24 heavy (non-hydrogen) atoms. The van der Waals surface area contributed by atoms with Crippen molar-refractivity contribution in [2.24, 2.45) is 5.10 Å². The average Bonchev–Trinajstić information content (AvgIpc) is 2.58. The Bertz CT molecular complexity index is 776. The highest BCUT2D eigenvalue weighted by Crippen LogP contribution is 2.10. The first-order chi connectivity index (χ1) is 11.5. The Balaban J connectivity index is 1.86. The molecule has 0 spiro atoms. The molecular weight excluding hydrogens is 333 g/mol. The lowest BCUT2D eigenvalue weighted by atomic mass is 10.1. The number of nitrogens with one attached hydrogen (secondary N) is 2. The van der Waals surface area contributed by atoms with Crippen LogP contribution in [0.25, 0.3) is 0 Å². The van der Waals surface area contributed by atoms with Crippen molar-refractivity contribution < 1.29 is 14.0 Å². The minimum absolute atomic E-state index is 0.142. The Morgan fingerprint density at radius 1 is 1.12 bits per heavy atom. The molecule has 0 atom stereocenters. The topological polar surface area (TPSA) is 70.6 Å². The number of rotatable bonds is 5. The zero-order valence-electron chi connectivity index (χ0n) is 12.8. The molecule has 7 heteroatoms. The van der Waals surface area contributed by atoms with Gasteiger partial charge in [-0.15, -0.1) is 0 Å². The standard InChI is InChI=1S/C17H15ClFN3O2/c1-11(12-5-7-14(18)8-6-12)21-22-16(23)10-20-17(24)13-3-2-4-15(19)9-13/h2-9H,10H2,1H3,(H,20,24)(H,22,23)/b21-11+. The molecule has 0 aliphatic rings. The number of carbonyl (C=O) groups excluding carboxylic acids is 2. The van der Waals surface area contributed by atoms with Gasteiger partial charge < -0.3 is 5.32 Å². The number of hydrogen-bond acceptors (Lipinski definition) is 3. The first kappa shape index (κ1) is 17.6. The molecule has 2 aromatic rings. The van der Waals surface area contributed by atoms with Gasteiger partial charge in [0.05, 0.1) is 12.3 Å². The second-order valence-corrected chi connectivity index (χ2v) is 5.37. The molecule has 0 fully saturated rings. The molecule has 0 aliphatic heterocycles. The molecule has 0 radical (unpaired) electrons. The zero-order valence-corrected chi connectivity index (χ0v) is 13.6. The van der Waals surface area contributed by atoms with Crippen molar-refractivity contribution in [1.82, 2.24) is 10.7 Å². The molecule has 2 N–H and O–H groups in total. The van der Waals surface area contributed by atoms with E-state index in [4.69, 9.17) is 11.6 Å². The number of hydrazone groups is 1. The normalized spacial score (nSPS) is 11.0. The molecule has 0 unspecified atom stereocenters. The van der Waals surface area contributed by atoms with Crippen LogP contribution in [-0.2, 0) is 4.79 Å². The molecule has 0 aliphatic carbocycles. The van der Waals surface area contributed by atoms with Crippen LogP contribution in [-0.4, -0.2) is 24.1 Å². The van der Waals surface area contributed by atoms with E-state index in [-0.39, 0.29) is 12.1 Å². The van der Waals surface area contributed by atoms with E-state index in [0.717, 1.165) is 11.6 Å². The molecular formula is C17H15ClFN3O2. The van der Waals surface area contributed by atoms with Crippen molar-refractivity contribution in [2.45, 2.75) is 6.92 Å². The fraction of sp³-hybridized carbons (Fsp3) is 0.118. The van der Waals surface area contributed by atoms with E-state index < -0.39 is 17.6 Å². The fourth-order valence-corrected chi connectivity index (χ4v) is 1.96. The highest BCUT2D eigenvalue weighted by molar-refractivity contribution is 6.30. The van der Waals surface area contributed by atoms with Gasteiger partial charge >= 0.3 is 0 Å². The summed E-state index contributed by atoms with van der Waals surface area (Å²) >= 11 is 5.80. The van der Waals surface area contributed by atoms with Gasteiger partial charge in [0, 0.05) is 10.6 Å². The van der Waals surface area contributed by atoms with E-state index in [1.807, 2.05) is 0 Å². The van der Waals surface area contributed by atoms with E-state index >= 15 is 0 Å². The van der Waals surface area contributed by atoms with Gasteiger partial charge in [-0.1, -0.05) is 29.8 Å². The Morgan fingerprint density at radius 2 is 1.83 bits per heavy atom. The van der Waals surface area contributed by atoms with E-state index in [1.54, 1.807) is 31.2 Å². The van der Waals surface area contributed by atoms with Gasteiger partial charge in [-0.3, -0.25) is 9.59 Å². The van der Waals surface area contributed by atoms with Crippen LogP contribution in [0.3, 0.4) is 0 Å². The first-order valence-electron chi connectivity index (χ1n) is 7.08. The summed E-state index contributed by atoms with van der Waals surface area (Å²) in [6, 6.07) is 12.2. The molecule has 0 saturated heterocycles. The number of amides is 2. The SMILES string of the molecule is C/C(=N\NC(=O)CNC(=O)c1cccc(F)c1)c1ccc(Cl)cc1. The van der Waals surface area contributed by atoms with Crippen LogP contribution in [0.15, 0.2) is 53.6 Å². The molecule has 0 saturated carbocycles. The molecule has 2 rings (SSSR count). The minimum Gasteiger partial charge on any atom is -0.343 e. The maximum Gasteiger partial charge on any atom is 0.259 e. The van der Waals surface area contributed by atoms with Crippen LogP contribution in [0.1, 0.15) is 22.8 Å². The predicted molar refractivity (Wildman–Crippen MR) is 90.5 cm³/mol. The number of benzene rings is 2. The number of halogens is 2. The molecule has 2 amide bonds. The smallest absolute Gasteiger partial charge is 0.259 e. The minimum atomic E-state index is -0.539. The van der Waals surface area contributed by atoms with Crippen molar-refractivity contribution in [2.75, 3.05) is 6.54 Å². The van der Waals surface area contributed by atoms with Crippen molar-refractivity contribution in [3.8, 4) is 0 Å². The van der Waals surface area contributed by atoms with Crippen LogP contribution in [0.5, 0.6) is 0 Å². The summed E-state index contributed by atoms with van der Waals surface area (Å²) in [6.45, 7) is 1.46. The summed E-state index contributed by atoms with van der Waals surface area (Å²) in [5.41, 5.74) is 3.89. The highest BCUT2D eigenvalue weighted by Gasteiger charge is 2.08. The lowest BCUT2D eigenvalue weighted by Crippen LogP contribution is -2.35. The van der Waals surface area contributed by atoms with E-state index in [0.29, 0.717) is 10.7 Å². The lowest BCUT2D eigenvalue weighted by Gasteiger charge is -2.05. The van der Waals surface area contributed by atoms with Gasteiger partial charge in [0.25, 0.3) is 11.8 Å². The van der Waals surface area contributed by atoms with Crippen LogP contribution in [0.2, 0.25) is 5.02 Å². The number of hydrogen-bond donors (Lipinski definition) is 2. The van der Waals surface area contributed by atoms with Gasteiger partial charge in [-0.25, -0.2) is 9.82 Å². The largest absolute Gasteiger partial charge is 0.343 e. The van der Waals surface area contributed by atoms with Crippen molar-refractivity contribution >= 4 is 29.1 Å². The third-order valence-corrected chi connectivity index (χ3v) is 3.36. The van der Waals surface area contributed by atoms with Crippen LogP contribution in [0, 0.1) is 5.82 Å². The zero-order chi connectivity index (χ0) is 17.5. The summed E-state index contributed by atoms with van der Waals surface area (Å²) in [5.74, 6) is -1.55. The van der Waals surface area contributed by atoms with Crippen molar-refractivity contribution in [3.05, 3.63) is 70.5 Å². The Morgan fingerprint density at radius 3 is 2.50 bits per heavy atom. The third-order valence-electron chi connectivity index (χ3n) is 3.11. The Kier molecular flexibility index (Phi) is 6.03. The fourth-order valence-electron chi connectivity index (χ4n) is 1.83. The maximum atomic E-state index is 13.0. The van der Waals surface area contributed by atoms with Gasteiger partial charge in [0.15, 0.2) is 0 Å². The second kappa shape index (κ2) is 8.21. The summed E-state index contributed by atoms with van der Waals surface area (Å²) < 4.78 is 13.0. The highest BCUT2D eigenvalue weighted by atomic mass is 35.5. The lowest BCUT2D eigenvalue weighted by molar-refractivity contribution is -0.120. The summed E-state index contributed by atoms with van der Waals surface area (Å²) in [4.78, 5) is 23.5. The molecule has 5 nitrogen and oxygen atoms in total. The van der Waals surface area contributed by atoms with Crippen LogP contribution >= 0.6 is 11.6 Å². The molecule has 0 aromatic heterocycles. The third kappa shape index (κ3) is 5.17. The van der Waals surface area contributed by atoms with E-state index in [9.17, 15) is 14.0 Å². The van der Waals surface area contributed by atoms with Gasteiger partial charge in [0.2, 0.25) is 0 Å². The quantitative estimate of drug-likeness (QED) is 0.645. The van der Waals surface area contributed by atoms with Gasteiger partial charge in [-0.2, -0.15) is 5.10 Å². The Labute approximate surface area is 143 Å². The average molecular weight is 348 g/mol. The summed E-state index contributed by atoms with van der Waals surface area (Å²) in [7, 11) is 0. The van der Waals surface area contributed by atoms with Gasteiger partial charge in [0.1, 0.15) is 5.82 Å². The van der Waals surface area contributed by atoms with E-state index in [1.165, 1.54) is 18.2 Å². The predicted octanol–water partition coefficient (Wildman–Crippen LogP) is 2.75. The van der Waals surface area contributed by atoms with Gasteiger partial charge in [-0.05, 0) is 42.8 Å². The first-order valence-corrected chi connectivity index (χ1v) is 7.46. The number of nitrogens with zero attached hydrogens (tertiary/aromatic N) is 1. The molecule has 2 aromatic carbocycles. The maximum absolute atomic E-state index is 13.0. The van der Waals surface area contributed by atoms with Crippen molar-refractivity contribution in [1.29, 1.82) is 0 Å². The van der Waals surface area contributed by atoms with Crippen LogP contribution in [0.4, 0.5) is 4.39 Å². The molecule has 124 valence electrons. The Hall–Kier alpha value is -2.73.